The molecule has 1 aromatic carbocycles. The molecule has 2 aromatic heterocycles. The monoisotopic (exact) mass is 497 g/mol. The minimum Gasteiger partial charge on any atom is -0.465 e. The lowest BCUT2D eigenvalue weighted by Crippen LogP contribution is -2.37. The maximum atomic E-state index is 12.7. The quantitative estimate of drug-likeness (QED) is 0.373. The summed E-state index contributed by atoms with van der Waals surface area (Å²) in [6, 6.07) is 7.64. The Kier molecular flexibility index (Phi) is 7.74. The summed E-state index contributed by atoms with van der Waals surface area (Å²) < 4.78 is 0. The van der Waals surface area contributed by atoms with Crippen molar-refractivity contribution in [2.24, 2.45) is 11.3 Å². The van der Waals surface area contributed by atoms with E-state index in [-0.39, 0.29) is 30.3 Å². The number of H-pyrrole nitrogens is 1. The number of nitrogens with zero attached hydrogens (tertiary/aromatic N) is 3. The SMILES string of the molecule is CC(C)(C)C(CN(Cc1nc2ccccc2[nH]1)C(=O)O)c1nc(C(=O)NCC2CCCCC2)cs1. The highest BCUT2D eigenvalue weighted by molar-refractivity contribution is 7.10. The molecule has 3 aromatic rings. The average molecular weight is 498 g/mol. The topological polar surface area (TPSA) is 111 Å². The Morgan fingerprint density at radius 3 is 2.63 bits per heavy atom. The molecule has 1 unspecified atom stereocenters. The van der Waals surface area contributed by atoms with E-state index in [2.05, 4.69) is 41.0 Å². The van der Waals surface area contributed by atoms with Crippen molar-refractivity contribution in [3.05, 3.63) is 46.2 Å². The van der Waals surface area contributed by atoms with Crippen LogP contribution in [0.2, 0.25) is 0 Å². The molecular weight excluding hydrogens is 462 g/mol. The van der Waals surface area contributed by atoms with Gasteiger partial charge in [0.25, 0.3) is 5.91 Å². The lowest BCUT2D eigenvalue weighted by atomic mass is 9.80. The number of amides is 2. The minimum atomic E-state index is -1.01. The number of hydrogen-bond acceptors (Lipinski definition) is 5. The lowest BCUT2D eigenvalue weighted by molar-refractivity contribution is 0.0937. The second kappa shape index (κ2) is 10.8. The standard InChI is InChI=1S/C26H35N5O3S/c1-26(2,3)18(14-31(25(33)34)15-22-28-19-11-7-8-12-20(19)29-22)24-30-21(16-35-24)23(32)27-13-17-9-5-4-6-10-17/h7-8,11-12,16-18H,4-6,9-10,13-15H2,1-3H3,(H,27,32)(H,28,29)(H,33,34). The Labute approximate surface area is 210 Å². The van der Waals surface area contributed by atoms with Crippen molar-refractivity contribution in [3.63, 3.8) is 0 Å². The van der Waals surface area contributed by atoms with E-state index in [1.54, 1.807) is 5.38 Å². The number of para-hydroxylation sites is 2. The Balaban J connectivity index is 1.46. The van der Waals surface area contributed by atoms with E-state index in [4.69, 9.17) is 0 Å². The number of nitrogens with one attached hydrogen (secondary N) is 2. The van der Waals surface area contributed by atoms with Gasteiger partial charge in [-0.3, -0.25) is 4.79 Å². The predicted molar refractivity (Wildman–Crippen MR) is 138 cm³/mol. The van der Waals surface area contributed by atoms with Gasteiger partial charge in [-0.2, -0.15) is 0 Å². The summed E-state index contributed by atoms with van der Waals surface area (Å²) in [5.41, 5.74) is 1.84. The fourth-order valence-electron chi connectivity index (χ4n) is 4.69. The molecule has 0 radical (unpaired) electrons. The number of fused-ring (bicyclic) bond motifs is 1. The van der Waals surface area contributed by atoms with Gasteiger partial charge in [0.1, 0.15) is 11.5 Å². The highest BCUT2D eigenvalue weighted by Crippen LogP contribution is 2.37. The maximum Gasteiger partial charge on any atom is 0.407 e. The normalized spacial score (nSPS) is 15.7. The summed E-state index contributed by atoms with van der Waals surface area (Å²) in [4.78, 5) is 38.7. The molecule has 0 spiro atoms. The zero-order valence-electron chi connectivity index (χ0n) is 20.7. The second-order valence-electron chi connectivity index (χ2n) is 10.6. The summed E-state index contributed by atoms with van der Waals surface area (Å²) in [6.45, 7) is 7.32. The van der Waals surface area contributed by atoms with Crippen LogP contribution in [0.1, 0.15) is 80.1 Å². The molecule has 188 valence electrons. The molecule has 2 heterocycles. The number of carboxylic acid groups (broad SMARTS) is 1. The number of imidazole rings is 1. The first kappa shape index (κ1) is 25.2. The van der Waals surface area contributed by atoms with E-state index in [1.807, 2.05) is 24.3 Å². The molecule has 1 atom stereocenters. The number of carbonyl (C=O) groups is 2. The van der Waals surface area contributed by atoms with E-state index in [0.29, 0.717) is 24.0 Å². The van der Waals surface area contributed by atoms with Crippen LogP contribution in [-0.2, 0) is 6.54 Å². The first-order valence-electron chi connectivity index (χ1n) is 12.4. The van der Waals surface area contributed by atoms with E-state index in [0.717, 1.165) is 16.0 Å². The van der Waals surface area contributed by atoms with Crippen LogP contribution >= 0.6 is 11.3 Å². The van der Waals surface area contributed by atoms with Crippen LogP contribution < -0.4 is 5.32 Å². The van der Waals surface area contributed by atoms with Crippen LogP contribution in [-0.4, -0.2) is 50.0 Å². The predicted octanol–water partition coefficient (Wildman–Crippen LogP) is 5.64. The van der Waals surface area contributed by atoms with Crippen LogP contribution in [0.15, 0.2) is 29.6 Å². The fraction of sp³-hybridized carbons (Fsp3) is 0.538. The first-order valence-corrected chi connectivity index (χ1v) is 13.2. The van der Waals surface area contributed by atoms with Gasteiger partial charge in [-0.05, 0) is 36.3 Å². The number of aromatic nitrogens is 3. The van der Waals surface area contributed by atoms with Crippen molar-refractivity contribution >= 4 is 34.4 Å². The molecule has 1 saturated carbocycles. The van der Waals surface area contributed by atoms with Crippen LogP contribution in [0.3, 0.4) is 0 Å². The number of thiazole rings is 1. The third-order valence-electron chi connectivity index (χ3n) is 6.83. The second-order valence-corrected chi connectivity index (χ2v) is 11.5. The first-order chi connectivity index (χ1) is 16.7. The Hall–Kier alpha value is -2.94. The van der Waals surface area contributed by atoms with Gasteiger partial charge in [-0.25, -0.2) is 14.8 Å². The van der Waals surface area contributed by atoms with Gasteiger partial charge in [0.2, 0.25) is 0 Å². The Bertz CT molecular complexity index is 1130. The number of carbonyl (C=O) groups excluding carboxylic acids is 1. The zero-order chi connectivity index (χ0) is 25.0. The minimum absolute atomic E-state index is 0.150. The van der Waals surface area contributed by atoms with Gasteiger partial charge < -0.3 is 20.3 Å². The molecule has 0 saturated heterocycles. The number of aromatic amines is 1. The van der Waals surface area contributed by atoms with E-state index in [9.17, 15) is 14.7 Å². The molecule has 1 fully saturated rings. The average Bonchev–Trinajstić information content (AvgIpc) is 3.46. The van der Waals surface area contributed by atoms with Crippen LogP contribution in [0.5, 0.6) is 0 Å². The summed E-state index contributed by atoms with van der Waals surface area (Å²) in [5.74, 6) is 0.828. The summed E-state index contributed by atoms with van der Waals surface area (Å²) in [6.07, 6.45) is 5.10. The van der Waals surface area contributed by atoms with Gasteiger partial charge in [-0.1, -0.05) is 52.2 Å². The van der Waals surface area contributed by atoms with Crippen molar-refractivity contribution in [1.29, 1.82) is 0 Å². The van der Waals surface area contributed by atoms with E-state index >= 15 is 0 Å². The number of hydrogen-bond donors (Lipinski definition) is 3. The zero-order valence-corrected chi connectivity index (χ0v) is 21.5. The Morgan fingerprint density at radius 2 is 1.94 bits per heavy atom. The third kappa shape index (κ3) is 6.39. The molecule has 8 nitrogen and oxygen atoms in total. The molecule has 1 aliphatic carbocycles. The smallest absolute Gasteiger partial charge is 0.407 e. The maximum absolute atomic E-state index is 12.7. The molecule has 35 heavy (non-hydrogen) atoms. The summed E-state index contributed by atoms with van der Waals surface area (Å²) >= 11 is 1.42. The van der Waals surface area contributed by atoms with Gasteiger partial charge in [0.15, 0.2) is 0 Å². The van der Waals surface area contributed by atoms with Crippen LogP contribution in [0.25, 0.3) is 11.0 Å². The van der Waals surface area contributed by atoms with Gasteiger partial charge >= 0.3 is 6.09 Å². The van der Waals surface area contributed by atoms with Gasteiger partial charge in [0, 0.05) is 24.4 Å². The number of benzene rings is 1. The van der Waals surface area contributed by atoms with Crippen molar-refractivity contribution in [2.45, 2.75) is 65.3 Å². The Morgan fingerprint density at radius 1 is 1.20 bits per heavy atom. The largest absolute Gasteiger partial charge is 0.465 e. The molecule has 4 rings (SSSR count). The van der Waals surface area contributed by atoms with E-state index < -0.39 is 6.09 Å². The molecular formula is C26H35N5O3S. The fourth-order valence-corrected chi connectivity index (χ4v) is 5.82. The summed E-state index contributed by atoms with van der Waals surface area (Å²) in [5, 5.41) is 15.6. The molecule has 1 aliphatic rings. The van der Waals surface area contributed by atoms with Crippen molar-refractivity contribution < 1.29 is 14.7 Å². The number of rotatable bonds is 8. The highest BCUT2D eigenvalue weighted by atomic mass is 32.1. The van der Waals surface area contributed by atoms with Gasteiger partial charge in [-0.15, -0.1) is 11.3 Å². The van der Waals surface area contributed by atoms with Crippen molar-refractivity contribution in [1.82, 2.24) is 25.2 Å². The van der Waals surface area contributed by atoms with Crippen LogP contribution in [0, 0.1) is 11.3 Å². The summed E-state index contributed by atoms with van der Waals surface area (Å²) in [7, 11) is 0. The van der Waals surface area contributed by atoms with Crippen LogP contribution in [0.4, 0.5) is 4.79 Å². The van der Waals surface area contributed by atoms with Crippen molar-refractivity contribution in [3.8, 4) is 0 Å². The third-order valence-corrected chi connectivity index (χ3v) is 7.79. The van der Waals surface area contributed by atoms with Crippen molar-refractivity contribution in [2.75, 3.05) is 13.1 Å². The van der Waals surface area contributed by atoms with Gasteiger partial charge in [0.05, 0.1) is 22.6 Å². The molecule has 2 amide bonds. The molecule has 0 aliphatic heterocycles. The highest BCUT2D eigenvalue weighted by Gasteiger charge is 2.33. The molecule has 9 heteroatoms. The van der Waals surface area contributed by atoms with E-state index in [1.165, 1.54) is 48.3 Å². The lowest BCUT2D eigenvalue weighted by Gasteiger charge is -2.32. The molecule has 0 bridgehead atoms. The molecule has 3 N–H and O–H groups in total.